The molecule has 1 saturated carbocycles. The summed E-state index contributed by atoms with van der Waals surface area (Å²) in [5.74, 6) is -0.280. The van der Waals surface area contributed by atoms with Gasteiger partial charge >= 0.3 is 0 Å². The molecule has 3 heteroatoms. The molecule has 0 aliphatic heterocycles. The molecule has 1 fully saturated rings. The van der Waals surface area contributed by atoms with Gasteiger partial charge in [0.1, 0.15) is 0 Å². The first-order chi connectivity index (χ1) is 5.87. The minimum atomic E-state index is -0.378. The number of carbonyl (C=O) groups is 1. The smallest absolute Gasteiger partial charge is 0.219 e. The van der Waals surface area contributed by atoms with Crippen molar-refractivity contribution in [3.63, 3.8) is 0 Å². The number of hydrogen-bond donors (Lipinski definition) is 2. The molecule has 0 aromatic heterocycles. The van der Waals surface area contributed by atoms with Crippen molar-refractivity contribution in [1.82, 2.24) is 0 Å². The molecular formula is C10H20N2O. The predicted octanol–water partition coefficient (Wildman–Crippen LogP) is 1.16. The number of amides is 1. The second-order valence-electron chi connectivity index (χ2n) is 4.89. The average Bonchev–Trinajstić information content (AvgIpc) is 1.94. The largest absolute Gasteiger partial charge is 0.370 e. The Labute approximate surface area is 79.9 Å². The SMILES string of the molecule is CC1(C)CCCCC1(N)CC(N)=O. The third-order valence-electron chi connectivity index (χ3n) is 3.51. The summed E-state index contributed by atoms with van der Waals surface area (Å²) in [6.07, 6.45) is 4.66. The van der Waals surface area contributed by atoms with E-state index in [1.54, 1.807) is 0 Å². The van der Waals surface area contributed by atoms with Gasteiger partial charge in [0.15, 0.2) is 0 Å². The number of hydrogen-bond acceptors (Lipinski definition) is 2. The van der Waals surface area contributed by atoms with Crippen LogP contribution in [-0.2, 0) is 4.79 Å². The molecule has 0 aromatic rings. The summed E-state index contributed by atoms with van der Waals surface area (Å²) in [6, 6.07) is 0. The molecule has 1 atom stereocenters. The van der Waals surface area contributed by atoms with Crippen molar-refractivity contribution in [1.29, 1.82) is 0 Å². The lowest BCUT2D eigenvalue weighted by Gasteiger charge is -2.47. The highest BCUT2D eigenvalue weighted by Gasteiger charge is 2.44. The minimum absolute atomic E-state index is 0.0419. The van der Waals surface area contributed by atoms with Gasteiger partial charge in [-0.2, -0.15) is 0 Å². The van der Waals surface area contributed by atoms with Gasteiger partial charge in [-0.25, -0.2) is 0 Å². The summed E-state index contributed by atoms with van der Waals surface area (Å²) in [5.41, 5.74) is 11.1. The molecule has 0 heterocycles. The fourth-order valence-electron chi connectivity index (χ4n) is 2.23. The first-order valence-electron chi connectivity index (χ1n) is 4.95. The molecule has 1 unspecified atom stereocenters. The Hall–Kier alpha value is -0.570. The molecule has 0 radical (unpaired) electrons. The summed E-state index contributed by atoms with van der Waals surface area (Å²) in [7, 11) is 0. The lowest BCUT2D eigenvalue weighted by atomic mass is 9.62. The van der Waals surface area contributed by atoms with Gasteiger partial charge in [0.05, 0.1) is 0 Å². The number of carbonyl (C=O) groups excluding carboxylic acids is 1. The molecule has 1 amide bonds. The second kappa shape index (κ2) is 3.29. The molecule has 1 rings (SSSR count). The van der Waals surface area contributed by atoms with Gasteiger partial charge in [0, 0.05) is 12.0 Å². The Morgan fingerprint density at radius 2 is 1.85 bits per heavy atom. The Morgan fingerprint density at radius 1 is 1.31 bits per heavy atom. The van der Waals surface area contributed by atoms with Crippen molar-refractivity contribution in [2.75, 3.05) is 0 Å². The van der Waals surface area contributed by atoms with Gasteiger partial charge in [-0.1, -0.05) is 26.7 Å². The third-order valence-corrected chi connectivity index (χ3v) is 3.51. The van der Waals surface area contributed by atoms with E-state index in [2.05, 4.69) is 13.8 Å². The van der Waals surface area contributed by atoms with E-state index in [0.29, 0.717) is 6.42 Å². The van der Waals surface area contributed by atoms with Gasteiger partial charge in [-0.3, -0.25) is 4.79 Å². The van der Waals surface area contributed by atoms with Gasteiger partial charge in [-0.05, 0) is 18.3 Å². The monoisotopic (exact) mass is 184 g/mol. The van der Waals surface area contributed by atoms with E-state index in [-0.39, 0.29) is 16.9 Å². The van der Waals surface area contributed by atoms with Crippen molar-refractivity contribution in [2.24, 2.45) is 16.9 Å². The van der Waals surface area contributed by atoms with E-state index >= 15 is 0 Å². The zero-order valence-corrected chi connectivity index (χ0v) is 8.60. The zero-order chi connectivity index (χ0) is 10.1. The maximum atomic E-state index is 10.9. The van der Waals surface area contributed by atoms with E-state index < -0.39 is 0 Å². The summed E-state index contributed by atoms with van der Waals surface area (Å²) in [4.78, 5) is 10.9. The van der Waals surface area contributed by atoms with Crippen LogP contribution < -0.4 is 11.5 Å². The third kappa shape index (κ3) is 2.02. The van der Waals surface area contributed by atoms with Crippen molar-refractivity contribution >= 4 is 5.91 Å². The number of primary amides is 1. The van der Waals surface area contributed by atoms with Crippen molar-refractivity contribution in [3.8, 4) is 0 Å². The van der Waals surface area contributed by atoms with Crippen LogP contribution in [0.5, 0.6) is 0 Å². The lowest BCUT2D eigenvalue weighted by Crippen LogP contribution is -2.56. The van der Waals surface area contributed by atoms with E-state index in [0.717, 1.165) is 19.3 Å². The Morgan fingerprint density at radius 3 is 2.31 bits per heavy atom. The normalized spacial score (nSPS) is 32.8. The molecule has 0 aromatic carbocycles. The highest BCUT2D eigenvalue weighted by molar-refractivity contribution is 5.75. The highest BCUT2D eigenvalue weighted by atomic mass is 16.1. The maximum absolute atomic E-state index is 10.9. The summed E-state index contributed by atoms with van der Waals surface area (Å²) in [6.45, 7) is 4.27. The molecule has 76 valence electrons. The summed E-state index contributed by atoms with van der Waals surface area (Å²) >= 11 is 0. The molecule has 1 aliphatic carbocycles. The van der Waals surface area contributed by atoms with Crippen LogP contribution in [0.25, 0.3) is 0 Å². The van der Waals surface area contributed by atoms with Gasteiger partial charge < -0.3 is 11.5 Å². The topological polar surface area (TPSA) is 69.1 Å². The van der Waals surface area contributed by atoms with Crippen LogP contribution in [0, 0.1) is 5.41 Å². The molecular weight excluding hydrogens is 164 g/mol. The second-order valence-corrected chi connectivity index (χ2v) is 4.89. The molecule has 0 spiro atoms. The highest BCUT2D eigenvalue weighted by Crippen LogP contribution is 2.43. The van der Waals surface area contributed by atoms with Crippen molar-refractivity contribution in [3.05, 3.63) is 0 Å². The minimum Gasteiger partial charge on any atom is -0.370 e. The Bertz CT molecular complexity index is 213. The van der Waals surface area contributed by atoms with Crippen LogP contribution in [0.4, 0.5) is 0 Å². The average molecular weight is 184 g/mol. The molecule has 4 N–H and O–H groups in total. The first kappa shape index (κ1) is 10.5. The number of rotatable bonds is 2. The van der Waals surface area contributed by atoms with Gasteiger partial charge in [0.2, 0.25) is 5.91 Å². The summed E-state index contributed by atoms with van der Waals surface area (Å²) < 4.78 is 0. The Balaban J connectivity index is 2.77. The predicted molar refractivity (Wildman–Crippen MR) is 53.0 cm³/mol. The zero-order valence-electron chi connectivity index (χ0n) is 8.60. The fourth-order valence-corrected chi connectivity index (χ4v) is 2.23. The molecule has 0 saturated heterocycles. The van der Waals surface area contributed by atoms with Crippen LogP contribution in [0.3, 0.4) is 0 Å². The lowest BCUT2D eigenvalue weighted by molar-refractivity contribution is -0.120. The van der Waals surface area contributed by atoms with Crippen molar-refractivity contribution in [2.45, 2.75) is 51.5 Å². The van der Waals surface area contributed by atoms with Gasteiger partial charge in [-0.15, -0.1) is 0 Å². The summed E-state index contributed by atoms with van der Waals surface area (Å²) in [5, 5.41) is 0. The van der Waals surface area contributed by atoms with Crippen LogP contribution in [0.1, 0.15) is 46.0 Å². The van der Waals surface area contributed by atoms with E-state index in [1.165, 1.54) is 6.42 Å². The van der Waals surface area contributed by atoms with E-state index in [9.17, 15) is 4.79 Å². The van der Waals surface area contributed by atoms with E-state index in [1.807, 2.05) is 0 Å². The van der Waals surface area contributed by atoms with Crippen molar-refractivity contribution < 1.29 is 4.79 Å². The first-order valence-corrected chi connectivity index (χ1v) is 4.95. The van der Waals surface area contributed by atoms with Crippen LogP contribution >= 0.6 is 0 Å². The Kier molecular flexibility index (Phi) is 2.66. The molecule has 13 heavy (non-hydrogen) atoms. The molecule has 0 bridgehead atoms. The maximum Gasteiger partial charge on any atom is 0.219 e. The number of nitrogens with two attached hydrogens (primary N) is 2. The van der Waals surface area contributed by atoms with Gasteiger partial charge in [0.25, 0.3) is 0 Å². The molecule has 1 aliphatic rings. The van der Waals surface area contributed by atoms with Crippen LogP contribution in [0.15, 0.2) is 0 Å². The van der Waals surface area contributed by atoms with Crippen LogP contribution in [-0.4, -0.2) is 11.4 Å². The van der Waals surface area contributed by atoms with Crippen LogP contribution in [0.2, 0.25) is 0 Å². The fraction of sp³-hybridized carbons (Fsp3) is 0.900. The standard InChI is InChI=1S/C10H20N2O/c1-9(2)5-3-4-6-10(9,12)7-8(11)13/h3-7,12H2,1-2H3,(H2,11,13). The van der Waals surface area contributed by atoms with E-state index in [4.69, 9.17) is 11.5 Å². The molecule has 3 nitrogen and oxygen atoms in total. The quantitative estimate of drug-likeness (QED) is 0.676.